The van der Waals surface area contributed by atoms with E-state index < -0.39 is 5.82 Å². The van der Waals surface area contributed by atoms with Crippen LogP contribution >= 0.6 is 0 Å². The van der Waals surface area contributed by atoms with Crippen LogP contribution in [0.1, 0.15) is 32.6 Å². The van der Waals surface area contributed by atoms with Gasteiger partial charge in [0.1, 0.15) is 0 Å². The van der Waals surface area contributed by atoms with Gasteiger partial charge < -0.3 is 15.5 Å². The third kappa shape index (κ3) is 4.59. The summed E-state index contributed by atoms with van der Waals surface area (Å²) in [5, 5.41) is 6.13. The number of rotatable bonds is 7. The van der Waals surface area contributed by atoms with Crippen molar-refractivity contribution in [1.29, 1.82) is 0 Å². The van der Waals surface area contributed by atoms with Crippen molar-refractivity contribution in [1.82, 2.24) is 14.9 Å². The largest absolute Gasteiger partial charge is 0.366 e. The van der Waals surface area contributed by atoms with Crippen LogP contribution in [0.2, 0.25) is 0 Å². The minimum absolute atomic E-state index is 0.288. The standard InChI is InChI=1S/C14H24FN5/c1-2-6-17-14-18-11-12(15)13(19-14)16-7-10-20-8-4-3-5-9-20/h11H,2-10H2,1H3,(H2,16,17,18,19). The Morgan fingerprint density at radius 3 is 2.75 bits per heavy atom. The molecule has 5 nitrogen and oxygen atoms in total. The first-order chi connectivity index (χ1) is 9.79. The number of hydrogen-bond donors (Lipinski definition) is 2. The van der Waals surface area contributed by atoms with E-state index in [0.29, 0.717) is 12.5 Å². The molecule has 0 radical (unpaired) electrons. The molecule has 2 rings (SSSR count). The quantitative estimate of drug-likeness (QED) is 0.803. The lowest BCUT2D eigenvalue weighted by Gasteiger charge is -2.26. The summed E-state index contributed by atoms with van der Waals surface area (Å²) in [5.41, 5.74) is 0. The van der Waals surface area contributed by atoms with Gasteiger partial charge in [0.25, 0.3) is 0 Å². The lowest BCUT2D eigenvalue weighted by atomic mass is 10.1. The SMILES string of the molecule is CCCNc1ncc(F)c(NCCN2CCCCC2)n1. The second kappa shape index (κ2) is 7.99. The highest BCUT2D eigenvalue weighted by atomic mass is 19.1. The second-order valence-electron chi connectivity index (χ2n) is 5.15. The molecule has 1 aromatic rings. The van der Waals surface area contributed by atoms with Crippen LogP contribution in [0.5, 0.6) is 0 Å². The average Bonchev–Trinajstić information content (AvgIpc) is 2.49. The molecule has 6 heteroatoms. The van der Waals surface area contributed by atoms with Crippen LogP contribution in [0, 0.1) is 5.82 Å². The van der Waals surface area contributed by atoms with Crippen LogP contribution in [0.15, 0.2) is 6.20 Å². The number of piperidine rings is 1. The highest BCUT2D eigenvalue weighted by Gasteiger charge is 2.10. The van der Waals surface area contributed by atoms with Crippen LogP contribution < -0.4 is 10.6 Å². The Morgan fingerprint density at radius 1 is 1.20 bits per heavy atom. The topological polar surface area (TPSA) is 53.1 Å². The summed E-state index contributed by atoms with van der Waals surface area (Å²) < 4.78 is 13.6. The first-order valence-corrected chi connectivity index (χ1v) is 7.52. The summed E-state index contributed by atoms with van der Waals surface area (Å²) in [6.45, 7) is 6.80. The maximum absolute atomic E-state index is 13.6. The number of likely N-dealkylation sites (tertiary alicyclic amines) is 1. The van der Waals surface area contributed by atoms with E-state index in [-0.39, 0.29) is 5.82 Å². The van der Waals surface area contributed by atoms with E-state index in [0.717, 1.165) is 32.6 Å². The van der Waals surface area contributed by atoms with Gasteiger partial charge in [-0.1, -0.05) is 13.3 Å². The summed E-state index contributed by atoms with van der Waals surface area (Å²) in [6, 6.07) is 0. The molecule has 1 fully saturated rings. The van der Waals surface area contributed by atoms with E-state index in [1.807, 2.05) is 0 Å². The van der Waals surface area contributed by atoms with Crippen LogP contribution in [-0.4, -0.2) is 47.6 Å². The maximum atomic E-state index is 13.6. The molecule has 0 bridgehead atoms. The van der Waals surface area contributed by atoms with E-state index in [9.17, 15) is 4.39 Å². The Kier molecular flexibility index (Phi) is 5.98. The fourth-order valence-electron chi connectivity index (χ4n) is 2.33. The Morgan fingerprint density at radius 2 is 2.00 bits per heavy atom. The van der Waals surface area contributed by atoms with Crippen LogP contribution in [0.3, 0.4) is 0 Å². The zero-order valence-electron chi connectivity index (χ0n) is 12.2. The Balaban J connectivity index is 1.81. The lowest BCUT2D eigenvalue weighted by Crippen LogP contribution is -2.33. The molecule has 0 atom stereocenters. The molecular weight excluding hydrogens is 257 g/mol. The smallest absolute Gasteiger partial charge is 0.224 e. The van der Waals surface area contributed by atoms with E-state index >= 15 is 0 Å². The first kappa shape index (κ1) is 15.0. The lowest BCUT2D eigenvalue weighted by molar-refractivity contribution is 0.237. The predicted molar refractivity (Wildman–Crippen MR) is 79.6 cm³/mol. The third-order valence-corrected chi connectivity index (χ3v) is 3.45. The van der Waals surface area contributed by atoms with Crippen molar-refractivity contribution in [2.45, 2.75) is 32.6 Å². The van der Waals surface area contributed by atoms with Gasteiger partial charge in [-0.15, -0.1) is 0 Å². The molecule has 1 aromatic heterocycles. The first-order valence-electron chi connectivity index (χ1n) is 7.52. The van der Waals surface area contributed by atoms with Crippen molar-refractivity contribution >= 4 is 11.8 Å². The third-order valence-electron chi connectivity index (χ3n) is 3.45. The molecule has 112 valence electrons. The van der Waals surface area contributed by atoms with E-state index in [2.05, 4.69) is 32.4 Å². The molecule has 2 N–H and O–H groups in total. The van der Waals surface area contributed by atoms with Gasteiger partial charge in [0.05, 0.1) is 6.20 Å². The fourth-order valence-corrected chi connectivity index (χ4v) is 2.33. The molecule has 1 saturated heterocycles. The number of anilines is 2. The average molecular weight is 281 g/mol. The van der Waals surface area contributed by atoms with Crippen molar-refractivity contribution in [2.75, 3.05) is 43.4 Å². The molecule has 0 unspecified atom stereocenters. The van der Waals surface area contributed by atoms with E-state index in [1.165, 1.54) is 25.5 Å². The molecule has 0 amide bonds. The minimum atomic E-state index is -0.398. The molecule has 1 aliphatic rings. The molecule has 0 aliphatic carbocycles. The van der Waals surface area contributed by atoms with Gasteiger partial charge in [-0.2, -0.15) is 4.98 Å². The summed E-state index contributed by atoms with van der Waals surface area (Å²) in [5.74, 6) is 0.370. The minimum Gasteiger partial charge on any atom is -0.366 e. The number of nitrogens with one attached hydrogen (secondary N) is 2. The second-order valence-corrected chi connectivity index (χ2v) is 5.15. The Labute approximate surface area is 120 Å². The normalized spacial score (nSPS) is 16.1. The van der Waals surface area contributed by atoms with Gasteiger partial charge >= 0.3 is 0 Å². The molecule has 0 saturated carbocycles. The summed E-state index contributed by atoms with van der Waals surface area (Å²) >= 11 is 0. The van der Waals surface area contributed by atoms with Crippen LogP contribution in [0.4, 0.5) is 16.2 Å². The Bertz CT molecular complexity index is 407. The van der Waals surface area contributed by atoms with Gasteiger partial charge in [0.15, 0.2) is 11.6 Å². The Hall–Kier alpha value is -1.43. The molecule has 2 heterocycles. The summed E-state index contributed by atoms with van der Waals surface area (Å²) in [7, 11) is 0. The molecule has 0 spiro atoms. The number of nitrogens with zero attached hydrogens (tertiary/aromatic N) is 3. The molecule has 0 aromatic carbocycles. The predicted octanol–water partition coefficient (Wildman–Crippen LogP) is 2.34. The van der Waals surface area contributed by atoms with Crippen molar-refractivity contribution < 1.29 is 4.39 Å². The summed E-state index contributed by atoms with van der Waals surface area (Å²) in [6.07, 6.45) is 6.07. The van der Waals surface area contributed by atoms with Gasteiger partial charge in [-0.05, 0) is 32.4 Å². The maximum Gasteiger partial charge on any atom is 0.224 e. The van der Waals surface area contributed by atoms with Gasteiger partial charge in [0.2, 0.25) is 5.95 Å². The van der Waals surface area contributed by atoms with Gasteiger partial charge in [-0.3, -0.25) is 0 Å². The molecular formula is C14H24FN5. The highest BCUT2D eigenvalue weighted by Crippen LogP contribution is 2.12. The molecule has 1 aliphatic heterocycles. The van der Waals surface area contributed by atoms with Crippen molar-refractivity contribution in [3.8, 4) is 0 Å². The van der Waals surface area contributed by atoms with Crippen molar-refractivity contribution in [3.05, 3.63) is 12.0 Å². The number of halogens is 1. The van der Waals surface area contributed by atoms with E-state index in [4.69, 9.17) is 0 Å². The zero-order chi connectivity index (χ0) is 14.2. The van der Waals surface area contributed by atoms with Gasteiger partial charge in [0, 0.05) is 19.6 Å². The van der Waals surface area contributed by atoms with Gasteiger partial charge in [-0.25, -0.2) is 9.37 Å². The number of aromatic nitrogens is 2. The molecule has 20 heavy (non-hydrogen) atoms. The van der Waals surface area contributed by atoms with Crippen molar-refractivity contribution in [2.24, 2.45) is 0 Å². The zero-order valence-corrected chi connectivity index (χ0v) is 12.2. The van der Waals surface area contributed by atoms with Crippen LogP contribution in [-0.2, 0) is 0 Å². The fraction of sp³-hybridized carbons (Fsp3) is 0.714. The monoisotopic (exact) mass is 281 g/mol. The van der Waals surface area contributed by atoms with Crippen LogP contribution in [0.25, 0.3) is 0 Å². The van der Waals surface area contributed by atoms with E-state index in [1.54, 1.807) is 0 Å². The van der Waals surface area contributed by atoms with Crippen molar-refractivity contribution in [3.63, 3.8) is 0 Å². The summed E-state index contributed by atoms with van der Waals surface area (Å²) in [4.78, 5) is 10.5. The number of hydrogen-bond acceptors (Lipinski definition) is 5. The highest BCUT2D eigenvalue weighted by molar-refractivity contribution is 5.40.